The van der Waals surface area contributed by atoms with E-state index in [0.29, 0.717) is 38.2 Å². The molecule has 190 valence electrons. The van der Waals surface area contributed by atoms with E-state index < -0.39 is 41.0 Å². The second kappa shape index (κ2) is 10.3. The molecule has 3 aromatic rings. The molecule has 0 N–H and O–H groups in total. The Kier molecular flexibility index (Phi) is 7.40. The smallest absolute Gasteiger partial charge is 0.333 e. The Labute approximate surface area is 204 Å². The average Bonchev–Trinajstić information content (AvgIpc) is 2.84. The maximum atomic E-state index is 13.4. The largest absolute Gasteiger partial charge is 0.416 e. The van der Waals surface area contributed by atoms with Gasteiger partial charge in [0.05, 0.1) is 11.1 Å². The molecule has 1 heterocycles. The van der Waals surface area contributed by atoms with Gasteiger partial charge in [0, 0.05) is 37.8 Å². The lowest BCUT2D eigenvalue weighted by molar-refractivity contribution is -0.143. The third-order valence-corrected chi connectivity index (χ3v) is 6.23. The Morgan fingerprint density at radius 3 is 1.81 bits per heavy atom. The molecule has 1 atom stereocenters. The average molecular weight is 506 g/mol. The molecule has 0 aliphatic carbocycles. The van der Waals surface area contributed by atoms with Gasteiger partial charge in [0.1, 0.15) is 0 Å². The van der Waals surface area contributed by atoms with Gasteiger partial charge in [0.2, 0.25) is 0 Å². The Morgan fingerprint density at radius 2 is 1.28 bits per heavy atom. The lowest BCUT2D eigenvalue weighted by atomic mass is 9.99. The van der Waals surface area contributed by atoms with E-state index >= 15 is 0 Å². The highest BCUT2D eigenvalue weighted by atomic mass is 19.4. The summed E-state index contributed by atoms with van der Waals surface area (Å²) >= 11 is 0. The first-order chi connectivity index (χ1) is 17.0. The van der Waals surface area contributed by atoms with Crippen molar-refractivity contribution in [1.29, 1.82) is 0 Å². The number of alkyl halides is 6. The van der Waals surface area contributed by atoms with Crippen LogP contribution in [0.15, 0.2) is 78.9 Å². The van der Waals surface area contributed by atoms with Crippen molar-refractivity contribution in [2.24, 2.45) is 0 Å². The van der Waals surface area contributed by atoms with Crippen LogP contribution in [0, 0.1) is 0 Å². The van der Waals surface area contributed by atoms with Crippen LogP contribution in [0.4, 0.5) is 26.3 Å². The minimum Gasteiger partial charge on any atom is -0.333 e. The molecular formula is C27H24F6N2O. The summed E-state index contributed by atoms with van der Waals surface area (Å²) in [6.45, 7) is 1.67. The van der Waals surface area contributed by atoms with E-state index in [1.165, 1.54) is 4.90 Å². The number of nitrogens with zero attached hydrogens (tertiary/aromatic N) is 2. The van der Waals surface area contributed by atoms with Crippen LogP contribution in [0.25, 0.3) is 0 Å². The summed E-state index contributed by atoms with van der Waals surface area (Å²) in [5.41, 5.74) is -1.62. The normalized spacial score (nSPS) is 17.3. The molecule has 1 aliphatic rings. The first-order valence-corrected chi connectivity index (χ1v) is 11.4. The molecule has 0 radical (unpaired) electrons. The third kappa shape index (κ3) is 6.26. The molecule has 9 heteroatoms. The Morgan fingerprint density at radius 1 is 0.750 bits per heavy atom. The number of piperazine rings is 1. The van der Waals surface area contributed by atoms with Crippen molar-refractivity contribution in [3.8, 4) is 0 Å². The van der Waals surface area contributed by atoms with Gasteiger partial charge in [0.25, 0.3) is 5.91 Å². The highest BCUT2D eigenvalue weighted by Gasteiger charge is 2.39. The van der Waals surface area contributed by atoms with Gasteiger partial charge in [-0.25, -0.2) is 0 Å². The van der Waals surface area contributed by atoms with Crippen LogP contribution < -0.4 is 0 Å². The molecule has 0 bridgehead atoms. The molecular weight excluding hydrogens is 482 g/mol. The van der Waals surface area contributed by atoms with Gasteiger partial charge in [-0.1, -0.05) is 60.7 Å². The fraction of sp³-hybridized carbons (Fsp3) is 0.296. The van der Waals surface area contributed by atoms with Crippen LogP contribution in [-0.2, 0) is 25.3 Å². The second-order valence-corrected chi connectivity index (χ2v) is 8.86. The molecule has 36 heavy (non-hydrogen) atoms. The van der Waals surface area contributed by atoms with E-state index in [4.69, 9.17) is 0 Å². The topological polar surface area (TPSA) is 23.6 Å². The van der Waals surface area contributed by atoms with Crippen molar-refractivity contribution >= 4 is 5.91 Å². The minimum atomic E-state index is -5.02. The van der Waals surface area contributed by atoms with Gasteiger partial charge in [0.15, 0.2) is 0 Å². The zero-order valence-corrected chi connectivity index (χ0v) is 19.2. The molecule has 1 saturated heterocycles. The SMILES string of the molecule is O=C(c1cc(C(F)(F)F)cc(C(F)(F)F)c1)N1CCN(Cc2ccccc2)C[C@H]1Cc1ccccc1. The first kappa shape index (κ1) is 25.8. The number of hydrogen-bond donors (Lipinski definition) is 0. The van der Waals surface area contributed by atoms with Crippen molar-refractivity contribution in [3.05, 3.63) is 107 Å². The zero-order chi connectivity index (χ0) is 25.9. The predicted molar refractivity (Wildman–Crippen MR) is 123 cm³/mol. The van der Waals surface area contributed by atoms with Crippen LogP contribution in [0.1, 0.15) is 32.6 Å². The number of hydrogen-bond acceptors (Lipinski definition) is 2. The van der Waals surface area contributed by atoms with Gasteiger partial charge in [-0.2, -0.15) is 26.3 Å². The van der Waals surface area contributed by atoms with Crippen molar-refractivity contribution in [3.63, 3.8) is 0 Å². The molecule has 1 amide bonds. The van der Waals surface area contributed by atoms with Gasteiger partial charge >= 0.3 is 12.4 Å². The van der Waals surface area contributed by atoms with Gasteiger partial charge in [-0.15, -0.1) is 0 Å². The summed E-state index contributed by atoms with van der Waals surface area (Å²) in [6.07, 6.45) is -9.62. The lowest BCUT2D eigenvalue weighted by Gasteiger charge is -2.42. The summed E-state index contributed by atoms with van der Waals surface area (Å²) < 4.78 is 80.2. The van der Waals surface area contributed by atoms with Crippen molar-refractivity contribution < 1.29 is 31.1 Å². The number of amides is 1. The van der Waals surface area contributed by atoms with E-state index in [-0.39, 0.29) is 12.6 Å². The molecule has 1 fully saturated rings. The van der Waals surface area contributed by atoms with Crippen molar-refractivity contribution in [1.82, 2.24) is 9.80 Å². The number of rotatable bonds is 5. The van der Waals surface area contributed by atoms with Crippen molar-refractivity contribution in [2.75, 3.05) is 19.6 Å². The number of benzene rings is 3. The fourth-order valence-electron chi connectivity index (χ4n) is 4.48. The first-order valence-electron chi connectivity index (χ1n) is 11.4. The standard InChI is InChI=1S/C27H24F6N2O/c28-26(29,30)22-14-21(15-23(16-22)27(31,32)33)25(36)35-12-11-34(17-20-9-5-2-6-10-20)18-24(35)13-19-7-3-1-4-8-19/h1-10,14-16,24H,11-13,17-18H2/t24-/m1/s1. The summed E-state index contributed by atoms with van der Waals surface area (Å²) in [7, 11) is 0. The second-order valence-electron chi connectivity index (χ2n) is 8.86. The summed E-state index contributed by atoms with van der Waals surface area (Å²) in [5.74, 6) is -0.841. The predicted octanol–water partition coefficient (Wildman–Crippen LogP) is 6.29. The highest BCUT2D eigenvalue weighted by Crippen LogP contribution is 2.37. The Bertz CT molecular complexity index is 1150. The minimum absolute atomic E-state index is 0.0377. The van der Waals surface area contributed by atoms with E-state index in [1.807, 2.05) is 60.7 Å². The lowest BCUT2D eigenvalue weighted by Crippen LogP contribution is -2.55. The van der Waals surface area contributed by atoms with E-state index in [0.717, 1.165) is 11.1 Å². The number of carbonyl (C=O) groups excluding carboxylic acids is 1. The van der Waals surface area contributed by atoms with E-state index in [9.17, 15) is 31.1 Å². The number of carbonyl (C=O) groups is 1. The molecule has 0 spiro atoms. The molecule has 1 aliphatic heterocycles. The van der Waals surface area contributed by atoms with Crippen LogP contribution in [0.2, 0.25) is 0 Å². The quantitative estimate of drug-likeness (QED) is 0.380. The Balaban J connectivity index is 1.64. The monoisotopic (exact) mass is 506 g/mol. The van der Waals surface area contributed by atoms with Crippen LogP contribution in [-0.4, -0.2) is 41.4 Å². The molecule has 0 aromatic heterocycles. The Hall–Kier alpha value is -3.33. The van der Waals surface area contributed by atoms with Crippen molar-refractivity contribution in [2.45, 2.75) is 31.4 Å². The third-order valence-electron chi connectivity index (χ3n) is 6.23. The molecule has 0 unspecified atom stereocenters. The van der Waals surface area contributed by atoms with Crippen LogP contribution in [0.5, 0.6) is 0 Å². The van der Waals surface area contributed by atoms with Gasteiger partial charge in [-0.05, 0) is 35.7 Å². The fourth-order valence-corrected chi connectivity index (χ4v) is 4.48. The zero-order valence-electron chi connectivity index (χ0n) is 19.2. The molecule has 3 nitrogen and oxygen atoms in total. The van der Waals surface area contributed by atoms with Gasteiger partial charge in [-0.3, -0.25) is 9.69 Å². The van der Waals surface area contributed by atoms with Crippen LogP contribution in [0.3, 0.4) is 0 Å². The highest BCUT2D eigenvalue weighted by molar-refractivity contribution is 5.95. The molecule has 4 rings (SSSR count). The number of halogens is 6. The van der Waals surface area contributed by atoms with Crippen LogP contribution >= 0.6 is 0 Å². The summed E-state index contributed by atoms with van der Waals surface area (Å²) in [4.78, 5) is 16.9. The summed E-state index contributed by atoms with van der Waals surface area (Å²) in [6, 6.07) is 19.6. The molecule has 0 saturated carbocycles. The summed E-state index contributed by atoms with van der Waals surface area (Å²) in [5, 5.41) is 0. The van der Waals surface area contributed by atoms with E-state index in [1.54, 1.807) is 0 Å². The maximum absolute atomic E-state index is 13.4. The maximum Gasteiger partial charge on any atom is 0.416 e. The molecule has 3 aromatic carbocycles. The van der Waals surface area contributed by atoms with E-state index in [2.05, 4.69) is 4.90 Å². The van der Waals surface area contributed by atoms with Gasteiger partial charge < -0.3 is 4.90 Å².